The summed E-state index contributed by atoms with van der Waals surface area (Å²) in [6.45, 7) is 2.96. The van der Waals surface area contributed by atoms with Gasteiger partial charge >= 0.3 is 0 Å². The summed E-state index contributed by atoms with van der Waals surface area (Å²) in [5, 5.41) is 6.94. The molecule has 0 spiro atoms. The van der Waals surface area contributed by atoms with Crippen molar-refractivity contribution < 1.29 is 19.0 Å². The number of hydrogen-bond acceptors (Lipinski definition) is 5. The summed E-state index contributed by atoms with van der Waals surface area (Å²) in [4.78, 5) is 12.6. The van der Waals surface area contributed by atoms with E-state index < -0.39 is 0 Å². The van der Waals surface area contributed by atoms with Crippen LogP contribution >= 0.6 is 11.6 Å². The van der Waals surface area contributed by atoms with Crippen molar-refractivity contribution in [1.82, 2.24) is 5.43 Å². The third-order valence-electron chi connectivity index (χ3n) is 5.49. The lowest BCUT2D eigenvalue weighted by Gasteiger charge is -2.12. The lowest BCUT2D eigenvalue weighted by molar-refractivity contribution is 0.0954. The zero-order valence-corrected chi connectivity index (χ0v) is 20.9. The van der Waals surface area contributed by atoms with Gasteiger partial charge < -0.3 is 14.2 Å². The molecule has 1 N–H and O–H groups in total. The van der Waals surface area contributed by atoms with Gasteiger partial charge in [0.2, 0.25) is 0 Å². The van der Waals surface area contributed by atoms with Crippen LogP contribution in [0.2, 0.25) is 5.02 Å². The molecule has 0 aromatic heterocycles. The van der Waals surface area contributed by atoms with Gasteiger partial charge in [-0.2, -0.15) is 5.10 Å². The van der Waals surface area contributed by atoms with Crippen LogP contribution in [0.3, 0.4) is 0 Å². The third-order valence-corrected chi connectivity index (χ3v) is 5.73. The van der Waals surface area contributed by atoms with E-state index in [9.17, 15) is 4.79 Å². The minimum Gasteiger partial charge on any atom is -0.493 e. The lowest BCUT2D eigenvalue weighted by Crippen LogP contribution is -2.17. The Bertz CT molecular complexity index is 1380. The Kier molecular flexibility index (Phi) is 8.42. The van der Waals surface area contributed by atoms with E-state index in [0.717, 1.165) is 22.8 Å². The summed E-state index contributed by atoms with van der Waals surface area (Å²) in [6.07, 6.45) is 2.38. The van der Waals surface area contributed by atoms with Crippen molar-refractivity contribution in [2.24, 2.45) is 5.10 Å². The Morgan fingerprint density at radius 3 is 2.58 bits per heavy atom. The van der Waals surface area contributed by atoms with Crippen molar-refractivity contribution in [2.75, 3.05) is 13.7 Å². The monoisotopic (exact) mass is 502 g/mol. The number of hydrogen-bond donors (Lipinski definition) is 1. The smallest absolute Gasteiger partial charge is 0.271 e. The van der Waals surface area contributed by atoms with Crippen molar-refractivity contribution in [2.45, 2.75) is 20.0 Å². The van der Waals surface area contributed by atoms with Gasteiger partial charge in [0.15, 0.2) is 11.5 Å². The van der Waals surface area contributed by atoms with E-state index >= 15 is 0 Å². The van der Waals surface area contributed by atoms with Crippen LogP contribution in [0, 0.1) is 0 Å². The first-order valence-electron chi connectivity index (χ1n) is 11.6. The number of amides is 1. The van der Waals surface area contributed by atoms with Crippen molar-refractivity contribution in [3.63, 3.8) is 0 Å². The average Bonchev–Trinajstić information content (AvgIpc) is 2.91. The lowest BCUT2D eigenvalue weighted by atomic mass is 10.1. The van der Waals surface area contributed by atoms with Crippen LogP contribution in [0.25, 0.3) is 10.8 Å². The van der Waals surface area contributed by atoms with Crippen LogP contribution in [0.15, 0.2) is 84.0 Å². The van der Waals surface area contributed by atoms with Gasteiger partial charge in [0.1, 0.15) is 12.4 Å². The fraction of sp³-hybridized carbons (Fsp3) is 0.172. The molecule has 0 saturated carbocycles. The van der Waals surface area contributed by atoms with Gasteiger partial charge in [-0.15, -0.1) is 0 Å². The predicted molar refractivity (Wildman–Crippen MR) is 144 cm³/mol. The number of hydrazone groups is 1. The summed E-state index contributed by atoms with van der Waals surface area (Å²) in [6, 6.07) is 24.6. The number of fused-ring (bicyclic) bond motifs is 1. The minimum absolute atomic E-state index is 0.377. The summed E-state index contributed by atoms with van der Waals surface area (Å²) >= 11 is 6.20. The average molecular weight is 503 g/mol. The standard InChI is InChI=1S/C29H27ClN2O4/c1-3-15-35-27-13-11-21(17-28(27)34-2)29(33)32-31-18-23-16-24(30)12-14-26(23)36-19-22-9-6-8-20-7-4-5-10-25(20)22/h4-14,16-18H,3,15,19H2,1-2H3,(H,32,33)/b31-18+. The summed E-state index contributed by atoms with van der Waals surface area (Å²) in [5.74, 6) is 1.29. The summed E-state index contributed by atoms with van der Waals surface area (Å²) in [7, 11) is 1.53. The highest BCUT2D eigenvalue weighted by molar-refractivity contribution is 6.30. The molecule has 1 amide bonds. The number of halogens is 1. The van der Waals surface area contributed by atoms with Crippen LogP contribution in [0.4, 0.5) is 0 Å². The highest BCUT2D eigenvalue weighted by Gasteiger charge is 2.11. The number of rotatable bonds is 10. The first-order valence-corrected chi connectivity index (χ1v) is 12.0. The van der Waals surface area contributed by atoms with E-state index in [-0.39, 0.29) is 5.91 Å². The predicted octanol–water partition coefficient (Wildman–Crippen LogP) is 6.63. The maximum Gasteiger partial charge on any atom is 0.271 e. The van der Waals surface area contributed by atoms with E-state index in [0.29, 0.717) is 46.6 Å². The maximum absolute atomic E-state index is 12.6. The van der Waals surface area contributed by atoms with Gasteiger partial charge in [-0.05, 0) is 59.2 Å². The molecule has 184 valence electrons. The number of nitrogens with one attached hydrogen (secondary N) is 1. The Balaban J connectivity index is 1.46. The highest BCUT2D eigenvalue weighted by Crippen LogP contribution is 2.28. The molecule has 6 nitrogen and oxygen atoms in total. The molecule has 7 heteroatoms. The van der Waals surface area contributed by atoms with Gasteiger partial charge in [0, 0.05) is 16.1 Å². The molecule has 0 aliphatic heterocycles. The van der Waals surface area contributed by atoms with Crippen LogP contribution in [0.5, 0.6) is 17.2 Å². The second kappa shape index (κ2) is 12.1. The fourth-order valence-electron chi connectivity index (χ4n) is 3.69. The van der Waals surface area contributed by atoms with Crippen LogP contribution in [-0.2, 0) is 6.61 Å². The number of carbonyl (C=O) groups is 1. The van der Waals surface area contributed by atoms with E-state index in [1.807, 2.05) is 31.2 Å². The zero-order chi connectivity index (χ0) is 25.3. The quantitative estimate of drug-likeness (QED) is 0.195. The van der Waals surface area contributed by atoms with Crippen LogP contribution < -0.4 is 19.6 Å². The number of carbonyl (C=O) groups excluding carboxylic acids is 1. The largest absolute Gasteiger partial charge is 0.493 e. The van der Waals surface area contributed by atoms with Crippen LogP contribution in [0.1, 0.15) is 34.8 Å². The molecule has 0 unspecified atom stereocenters. The molecule has 0 radical (unpaired) electrons. The van der Waals surface area contributed by atoms with Gasteiger partial charge in [-0.1, -0.05) is 61.0 Å². The van der Waals surface area contributed by atoms with Gasteiger partial charge in [-0.3, -0.25) is 4.79 Å². The van der Waals surface area contributed by atoms with Gasteiger partial charge in [0.25, 0.3) is 5.91 Å². The van der Waals surface area contributed by atoms with Gasteiger partial charge in [0.05, 0.1) is 19.9 Å². The van der Waals surface area contributed by atoms with Gasteiger partial charge in [-0.25, -0.2) is 5.43 Å². The SMILES string of the molecule is CCCOc1ccc(C(=O)N/N=C/c2cc(Cl)ccc2OCc2cccc3ccccc23)cc1OC. The highest BCUT2D eigenvalue weighted by atomic mass is 35.5. The summed E-state index contributed by atoms with van der Waals surface area (Å²) in [5.41, 5.74) is 4.65. The Labute approximate surface area is 215 Å². The third kappa shape index (κ3) is 6.15. The molecule has 0 heterocycles. The molecule has 0 saturated heterocycles. The van der Waals surface area contributed by atoms with E-state index in [1.54, 1.807) is 36.4 Å². The molecule has 0 fully saturated rings. The second-order valence-electron chi connectivity index (χ2n) is 8.02. The van der Waals surface area contributed by atoms with Crippen molar-refractivity contribution >= 4 is 34.5 Å². The summed E-state index contributed by atoms with van der Waals surface area (Å²) < 4.78 is 17.1. The Hall–Kier alpha value is -4.03. The minimum atomic E-state index is -0.383. The molecule has 0 aliphatic rings. The Morgan fingerprint density at radius 1 is 0.944 bits per heavy atom. The van der Waals surface area contributed by atoms with E-state index in [4.69, 9.17) is 25.8 Å². The van der Waals surface area contributed by atoms with Crippen molar-refractivity contribution in [1.29, 1.82) is 0 Å². The van der Waals surface area contributed by atoms with E-state index in [2.05, 4.69) is 28.7 Å². The van der Waals surface area contributed by atoms with E-state index in [1.165, 1.54) is 13.3 Å². The number of ether oxygens (including phenoxy) is 3. The van der Waals surface area contributed by atoms with Crippen molar-refractivity contribution in [3.8, 4) is 17.2 Å². The maximum atomic E-state index is 12.6. The molecular formula is C29H27ClN2O4. The number of benzene rings is 4. The number of methoxy groups -OCH3 is 1. The molecule has 0 atom stereocenters. The topological polar surface area (TPSA) is 69.2 Å². The molecule has 36 heavy (non-hydrogen) atoms. The zero-order valence-electron chi connectivity index (χ0n) is 20.2. The molecular weight excluding hydrogens is 476 g/mol. The fourth-order valence-corrected chi connectivity index (χ4v) is 3.87. The first kappa shape index (κ1) is 25.1. The Morgan fingerprint density at radius 2 is 1.75 bits per heavy atom. The molecule has 0 bridgehead atoms. The molecule has 4 aromatic rings. The number of nitrogens with zero attached hydrogens (tertiary/aromatic N) is 1. The normalized spacial score (nSPS) is 11.0. The van der Waals surface area contributed by atoms with Crippen LogP contribution in [-0.4, -0.2) is 25.8 Å². The first-order chi connectivity index (χ1) is 17.6. The molecule has 4 aromatic carbocycles. The van der Waals surface area contributed by atoms with Crippen molar-refractivity contribution in [3.05, 3.63) is 101 Å². The molecule has 0 aliphatic carbocycles. The second-order valence-corrected chi connectivity index (χ2v) is 8.46. The molecule has 4 rings (SSSR count).